The van der Waals surface area contributed by atoms with Gasteiger partial charge >= 0.3 is 0 Å². The molecule has 1 aliphatic rings. The van der Waals surface area contributed by atoms with Crippen LogP contribution in [0, 0.1) is 10.1 Å². The number of rotatable bonds is 8. The lowest BCUT2D eigenvalue weighted by molar-refractivity contribution is -0.384. The van der Waals surface area contributed by atoms with Crippen LogP contribution in [0.5, 0.6) is 0 Å². The molecule has 0 saturated carbocycles. The first-order chi connectivity index (χ1) is 16.4. The molecule has 0 spiro atoms. The maximum absolute atomic E-state index is 13.1. The Balaban J connectivity index is 1.53. The van der Waals surface area contributed by atoms with Crippen LogP contribution in [0.2, 0.25) is 5.02 Å². The summed E-state index contributed by atoms with van der Waals surface area (Å²) in [7, 11) is 0. The van der Waals surface area contributed by atoms with Crippen LogP contribution in [-0.4, -0.2) is 51.2 Å². The number of aromatic nitrogens is 2. The number of halogens is 1. The predicted octanol–water partition coefficient (Wildman–Crippen LogP) is 5.10. The zero-order valence-corrected chi connectivity index (χ0v) is 19.9. The summed E-state index contributed by atoms with van der Waals surface area (Å²) in [5.74, 6) is -0.243. The molecule has 34 heavy (non-hydrogen) atoms. The Bertz CT molecular complexity index is 1160. The van der Waals surface area contributed by atoms with Crippen molar-refractivity contribution in [2.75, 3.05) is 19.6 Å². The standard InChI is InChI=1S/C25H28ClN5O3/c1-18-7-4-5-15-29(18)16-6-14-27-25(32)24-17-22(19-10-12-20(13-11-19)31(33)34)28-30(24)23-9-3-2-8-21(23)26/h2-3,8-13,17-18H,4-7,14-16H2,1H3,(H,27,32). The molecule has 1 saturated heterocycles. The van der Waals surface area contributed by atoms with Crippen LogP contribution in [0.15, 0.2) is 54.6 Å². The van der Waals surface area contributed by atoms with Crippen LogP contribution in [0.3, 0.4) is 0 Å². The van der Waals surface area contributed by atoms with Gasteiger partial charge in [0.15, 0.2) is 0 Å². The number of non-ortho nitro benzene ring substituents is 1. The highest BCUT2D eigenvalue weighted by molar-refractivity contribution is 6.32. The Morgan fingerprint density at radius 2 is 1.97 bits per heavy atom. The van der Waals surface area contributed by atoms with Crippen molar-refractivity contribution in [2.24, 2.45) is 0 Å². The Labute approximate surface area is 203 Å². The van der Waals surface area contributed by atoms with E-state index in [1.54, 1.807) is 30.3 Å². The topological polar surface area (TPSA) is 93.3 Å². The molecular weight excluding hydrogens is 454 g/mol. The van der Waals surface area contributed by atoms with Crippen molar-refractivity contribution in [3.63, 3.8) is 0 Å². The van der Waals surface area contributed by atoms with Gasteiger partial charge in [0.2, 0.25) is 0 Å². The predicted molar refractivity (Wildman–Crippen MR) is 133 cm³/mol. The minimum atomic E-state index is -0.449. The maximum atomic E-state index is 13.1. The largest absolute Gasteiger partial charge is 0.351 e. The van der Waals surface area contributed by atoms with Gasteiger partial charge in [-0.05, 0) is 63.1 Å². The summed E-state index contributed by atoms with van der Waals surface area (Å²) in [6, 6.07) is 15.6. The molecule has 1 aliphatic heterocycles. The van der Waals surface area contributed by atoms with Crippen molar-refractivity contribution in [1.29, 1.82) is 0 Å². The van der Waals surface area contributed by atoms with Crippen molar-refractivity contribution >= 4 is 23.2 Å². The third-order valence-corrected chi connectivity index (χ3v) is 6.56. The fourth-order valence-corrected chi connectivity index (χ4v) is 4.53. The van der Waals surface area contributed by atoms with E-state index < -0.39 is 4.92 Å². The minimum absolute atomic E-state index is 0.00437. The number of benzene rings is 2. The third kappa shape index (κ3) is 5.46. The number of carbonyl (C=O) groups is 1. The number of nitro groups is 1. The summed E-state index contributed by atoms with van der Waals surface area (Å²) in [6.07, 6.45) is 4.62. The van der Waals surface area contributed by atoms with Gasteiger partial charge in [-0.2, -0.15) is 5.10 Å². The lowest BCUT2D eigenvalue weighted by atomic mass is 10.0. The summed E-state index contributed by atoms with van der Waals surface area (Å²) in [4.78, 5) is 26.1. The molecule has 1 N–H and O–H groups in total. The molecule has 0 radical (unpaired) electrons. The fraction of sp³-hybridized carbons (Fsp3) is 0.360. The first-order valence-electron chi connectivity index (χ1n) is 11.6. The van der Waals surface area contributed by atoms with Crippen molar-refractivity contribution < 1.29 is 9.72 Å². The van der Waals surface area contributed by atoms with Crippen LogP contribution in [-0.2, 0) is 0 Å². The normalized spacial score (nSPS) is 16.4. The van der Waals surface area contributed by atoms with E-state index >= 15 is 0 Å². The molecule has 8 nitrogen and oxygen atoms in total. The van der Waals surface area contributed by atoms with Gasteiger partial charge in [0, 0.05) is 36.8 Å². The lowest BCUT2D eigenvalue weighted by Gasteiger charge is -2.33. The molecule has 2 heterocycles. The zero-order chi connectivity index (χ0) is 24.1. The number of nitrogens with one attached hydrogen (secondary N) is 1. The smallest absolute Gasteiger partial charge is 0.270 e. The van der Waals surface area contributed by atoms with Crippen molar-refractivity contribution in [2.45, 2.75) is 38.6 Å². The van der Waals surface area contributed by atoms with Crippen molar-refractivity contribution in [3.05, 3.63) is 75.4 Å². The maximum Gasteiger partial charge on any atom is 0.270 e. The molecule has 1 fully saturated rings. The molecule has 9 heteroatoms. The van der Waals surface area contributed by atoms with E-state index in [4.69, 9.17) is 11.6 Å². The van der Waals surface area contributed by atoms with E-state index in [1.165, 1.54) is 36.1 Å². The third-order valence-electron chi connectivity index (χ3n) is 6.24. The van der Waals surface area contributed by atoms with Crippen LogP contribution in [0.1, 0.15) is 43.1 Å². The number of piperidine rings is 1. The number of amides is 1. The molecule has 3 aromatic rings. The monoisotopic (exact) mass is 481 g/mol. The average molecular weight is 482 g/mol. The highest BCUT2D eigenvalue weighted by Crippen LogP contribution is 2.27. The average Bonchev–Trinajstić information content (AvgIpc) is 3.28. The summed E-state index contributed by atoms with van der Waals surface area (Å²) >= 11 is 6.40. The lowest BCUT2D eigenvalue weighted by Crippen LogP contribution is -2.39. The van der Waals surface area contributed by atoms with E-state index in [0.717, 1.165) is 19.5 Å². The van der Waals surface area contributed by atoms with Crippen molar-refractivity contribution in [3.8, 4) is 16.9 Å². The minimum Gasteiger partial charge on any atom is -0.351 e. The van der Waals surface area contributed by atoms with Gasteiger partial charge in [-0.25, -0.2) is 4.68 Å². The first kappa shape index (κ1) is 23.9. The van der Waals surface area contributed by atoms with Gasteiger partial charge in [-0.15, -0.1) is 0 Å². The second-order valence-corrected chi connectivity index (χ2v) is 8.98. The highest BCUT2D eigenvalue weighted by atomic mass is 35.5. The van der Waals surface area contributed by atoms with Gasteiger partial charge in [-0.1, -0.05) is 30.2 Å². The molecule has 2 aromatic carbocycles. The van der Waals surface area contributed by atoms with Crippen LogP contribution < -0.4 is 5.32 Å². The molecule has 1 atom stereocenters. The number of hydrogen-bond donors (Lipinski definition) is 1. The Kier molecular flexibility index (Phi) is 7.59. The van der Waals surface area contributed by atoms with E-state index in [1.807, 2.05) is 12.1 Å². The molecule has 4 rings (SSSR count). The zero-order valence-electron chi connectivity index (χ0n) is 19.1. The molecule has 1 amide bonds. The van der Waals surface area contributed by atoms with Gasteiger partial charge < -0.3 is 10.2 Å². The summed E-state index contributed by atoms with van der Waals surface area (Å²) in [6.45, 7) is 4.90. The summed E-state index contributed by atoms with van der Waals surface area (Å²) in [5, 5.41) is 19.1. The molecule has 178 valence electrons. The molecule has 0 bridgehead atoms. The molecule has 1 unspecified atom stereocenters. The summed E-state index contributed by atoms with van der Waals surface area (Å²) < 4.78 is 1.53. The Hall–Kier alpha value is -3.23. The Morgan fingerprint density at radius 1 is 1.21 bits per heavy atom. The molecular formula is C25H28ClN5O3. The first-order valence-corrected chi connectivity index (χ1v) is 11.9. The van der Waals surface area contributed by atoms with Gasteiger partial charge in [0.25, 0.3) is 11.6 Å². The quantitative estimate of drug-likeness (QED) is 0.274. The number of hydrogen-bond acceptors (Lipinski definition) is 5. The highest BCUT2D eigenvalue weighted by Gasteiger charge is 2.20. The van der Waals surface area contributed by atoms with E-state index in [-0.39, 0.29) is 11.6 Å². The van der Waals surface area contributed by atoms with Crippen LogP contribution in [0.4, 0.5) is 5.69 Å². The second kappa shape index (κ2) is 10.8. The van der Waals surface area contributed by atoms with Gasteiger partial charge in [-0.3, -0.25) is 14.9 Å². The number of nitrogens with zero attached hydrogens (tertiary/aromatic N) is 4. The van der Waals surface area contributed by atoms with E-state index in [0.29, 0.717) is 40.2 Å². The number of para-hydroxylation sites is 1. The molecule has 1 aromatic heterocycles. The second-order valence-electron chi connectivity index (χ2n) is 8.57. The van der Waals surface area contributed by atoms with E-state index in [2.05, 4.69) is 22.2 Å². The molecule has 0 aliphatic carbocycles. The van der Waals surface area contributed by atoms with Crippen LogP contribution in [0.25, 0.3) is 16.9 Å². The summed E-state index contributed by atoms with van der Waals surface area (Å²) in [5.41, 5.74) is 2.14. The number of nitro benzene ring substituents is 1. The number of carbonyl (C=O) groups excluding carboxylic acids is 1. The SMILES string of the molecule is CC1CCCCN1CCCNC(=O)c1cc(-c2ccc([N+](=O)[O-])cc2)nn1-c1ccccc1Cl. The Morgan fingerprint density at radius 3 is 2.68 bits per heavy atom. The van der Waals surface area contributed by atoms with Gasteiger partial charge in [0.1, 0.15) is 5.69 Å². The van der Waals surface area contributed by atoms with E-state index in [9.17, 15) is 14.9 Å². The van der Waals surface area contributed by atoms with Gasteiger partial charge in [0.05, 0.1) is 21.3 Å². The van der Waals surface area contributed by atoms with Crippen molar-refractivity contribution in [1.82, 2.24) is 20.0 Å². The number of likely N-dealkylation sites (tertiary alicyclic amines) is 1. The van der Waals surface area contributed by atoms with Crippen LogP contribution >= 0.6 is 11.6 Å². The fourth-order valence-electron chi connectivity index (χ4n) is 4.31.